The molecule has 124 valence electrons. The number of aryl methyl sites for hydroxylation is 3. The monoisotopic (exact) mass is 329 g/mol. The van der Waals surface area contributed by atoms with Gasteiger partial charge in [-0.25, -0.2) is 0 Å². The lowest BCUT2D eigenvalue weighted by Crippen LogP contribution is -2.33. The van der Waals surface area contributed by atoms with E-state index >= 15 is 0 Å². The van der Waals surface area contributed by atoms with Gasteiger partial charge in [-0.2, -0.15) is 0 Å². The minimum Gasteiger partial charge on any atom is -0.391 e. The highest BCUT2D eigenvalue weighted by Gasteiger charge is 2.21. The van der Waals surface area contributed by atoms with Crippen molar-refractivity contribution in [2.75, 3.05) is 13.6 Å². The van der Waals surface area contributed by atoms with Gasteiger partial charge >= 0.3 is 0 Å². The van der Waals surface area contributed by atoms with Gasteiger partial charge in [0, 0.05) is 15.8 Å². The normalized spacial score (nSPS) is 18.0. The SMILES string of the molecule is CN(CCCc1ccccc1)C1CCc2cc(CO)sc2CC1. The van der Waals surface area contributed by atoms with E-state index in [1.54, 1.807) is 0 Å². The quantitative estimate of drug-likeness (QED) is 0.808. The van der Waals surface area contributed by atoms with Crippen LogP contribution in [0.2, 0.25) is 0 Å². The second-order valence-corrected chi connectivity index (χ2v) is 7.84. The second kappa shape index (κ2) is 8.09. The third-order valence-corrected chi connectivity index (χ3v) is 6.22. The molecule has 0 saturated carbocycles. The molecule has 1 aliphatic rings. The lowest BCUT2D eigenvalue weighted by molar-refractivity contribution is 0.220. The van der Waals surface area contributed by atoms with Crippen molar-refractivity contribution < 1.29 is 5.11 Å². The van der Waals surface area contributed by atoms with Gasteiger partial charge in [-0.05, 0) is 69.3 Å². The van der Waals surface area contributed by atoms with Crippen molar-refractivity contribution in [3.8, 4) is 0 Å². The van der Waals surface area contributed by atoms with E-state index in [1.165, 1.54) is 61.1 Å². The number of hydrogen-bond donors (Lipinski definition) is 1. The van der Waals surface area contributed by atoms with Crippen molar-refractivity contribution in [2.45, 2.75) is 51.2 Å². The molecule has 0 spiro atoms. The molecular formula is C20H27NOS. The molecule has 23 heavy (non-hydrogen) atoms. The van der Waals surface area contributed by atoms with Crippen molar-refractivity contribution in [3.05, 3.63) is 57.3 Å². The molecule has 0 bridgehead atoms. The van der Waals surface area contributed by atoms with Gasteiger partial charge in [0.05, 0.1) is 6.61 Å². The van der Waals surface area contributed by atoms with Crippen molar-refractivity contribution in [1.29, 1.82) is 0 Å². The van der Waals surface area contributed by atoms with E-state index in [4.69, 9.17) is 0 Å². The molecule has 1 aromatic carbocycles. The summed E-state index contributed by atoms with van der Waals surface area (Å²) >= 11 is 1.81. The van der Waals surface area contributed by atoms with Crippen LogP contribution in [0.1, 0.15) is 40.1 Å². The average Bonchev–Trinajstić information content (AvgIpc) is 2.88. The average molecular weight is 330 g/mol. The minimum atomic E-state index is 0.195. The van der Waals surface area contributed by atoms with Crippen LogP contribution in [0.3, 0.4) is 0 Å². The molecule has 1 atom stereocenters. The number of benzene rings is 1. The first-order chi connectivity index (χ1) is 11.3. The Morgan fingerprint density at radius 3 is 2.74 bits per heavy atom. The molecule has 1 aromatic heterocycles. The number of aliphatic hydroxyl groups is 1. The van der Waals surface area contributed by atoms with Crippen LogP contribution in [0, 0.1) is 0 Å². The Kier molecular flexibility index (Phi) is 5.87. The lowest BCUT2D eigenvalue weighted by Gasteiger charge is -2.27. The summed E-state index contributed by atoms with van der Waals surface area (Å²) in [6.45, 7) is 1.37. The fourth-order valence-corrected chi connectivity index (χ4v) is 4.69. The Bertz CT molecular complexity index is 582. The second-order valence-electron chi connectivity index (χ2n) is 6.62. The number of thiophene rings is 1. The summed E-state index contributed by atoms with van der Waals surface area (Å²) in [5.41, 5.74) is 2.93. The maximum atomic E-state index is 9.29. The summed E-state index contributed by atoms with van der Waals surface area (Å²) in [5, 5.41) is 9.29. The summed E-state index contributed by atoms with van der Waals surface area (Å²) in [6.07, 6.45) is 7.24. The van der Waals surface area contributed by atoms with Crippen molar-refractivity contribution in [1.82, 2.24) is 4.90 Å². The molecule has 1 unspecified atom stereocenters. The molecule has 2 nitrogen and oxygen atoms in total. The maximum Gasteiger partial charge on any atom is 0.0774 e. The van der Waals surface area contributed by atoms with Crippen LogP contribution in [0.25, 0.3) is 0 Å². The number of nitrogens with zero attached hydrogens (tertiary/aromatic N) is 1. The molecule has 1 heterocycles. The molecule has 0 aliphatic heterocycles. The molecule has 3 rings (SSSR count). The highest BCUT2D eigenvalue weighted by atomic mass is 32.1. The zero-order valence-corrected chi connectivity index (χ0v) is 14.8. The first kappa shape index (κ1) is 16.7. The van der Waals surface area contributed by atoms with Gasteiger partial charge in [0.15, 0.2) is 0 Å². The van der Waals surface area contributed by atoms with Crippen LogP contribution >= 0.6 is 11.3 Å². The van der Waals surface area contributed by atoms with Crippen LogP contribution in [-0.4, -0.2) is 29.6 Å². The summed E-state index contributed by atoms with van der Waals surface area (Å²) in [5.74, 6) is 0. The predicted octanol–water partition coefficient (Wildman–Crippen LogP) is 4.05. The van der Waals surface area contributed by atoms with Gasteiger partial charge in [0.1, 0.15) is 0 Å². The van der Waals surface area contributed by atoms with E-state index in [1.807, 2.05) is 11.3 Å². The zero-order valence-electron chi connectivity index (χ0n) is 14.0. The Balaban J connectivity index is 1.47. The number of fused-ring (bicyclic) bond motifs is 1. The van der Waals surface area contributed by atoms with Crippen LogP contribution in [0.4, 0.5) is 0 Å². The first-order valence-corrected chi connectivity index (χ1v) is 9.53. The number of rotatable bonds is 6. The Labute approximate surface area is 143 Å². The largest absolute Gasteiger partial charge is 0.391 e. The molecule has 0 fully saturated rings. The van der Waals surface area contributed by atoms with E-state index in [0.29, 0.717) is 6.04 Å². The van der Waals surface area contributed by atoms with Gasteiger partial charge < -0.3 is 10.0 Å². The molecule has 0 amide bonds. The first-order valence-electron chi connectivity index (χ1n) is 8.71. The van der Waals surface area contributed by atoms with Crippen LogP contribution in [0.5, 0.6) is 0 Å². The molecular weight excluding hydrogens is 302 g/mol. The molecule has 1 N–H and O–H groups in total. The number of hydrogen-bond acceptors (Lipinski definition) is 3. The molecule has 1 aliphatic carbocycles. The number of aliphatic hydroxyl groups excluding tert-OH is 1. The Morgan fingerprint density at radius 2 is 1.96 bits per heavy atom. The summed E-state index contributed by atoms with van der Waals surface area (Å²) in [6, 6.07) is 13.7. The molecule has 0 radical (unpaired) electrons. The van der Waals surface area contributed by atoms with Crippen molar-refractivity contribution in [3.63, 3.8) is 0 Å². The Hall–Kier alpha value is -1.16. The third-order valence-electron chi connectivity index (χ3n) is 5.00. The third kappa shape index (κ3) is 4.43. The fraction of sp³-hybridized carbons (Fsp3) is 0.500. The highest BCUT2D eigenvalue weighted by Crippen LogP contribution is 2.30. The minimum absolute atomic E-state index is 0.195. The fourth-order valence-electron chi connectivity index (χ4n) is 3.59. The lowest BCUT2D eigenvalue weighted by atomic mass is 10.1. The van der Waals surface area contributed by atoms with E-state index in [0.717, 1.165) is 4.88 Å². The van der Waals surface area contributed by atoms with E-state index in [2.05, 4.69) is 48.3 Å². The van der Waals surface area contributed by atoms with Crippen LogP contribution in [0.15, 0.2) is 36.4 Å². The standard InChI is InChI=1S/C20H27NOS/c1-21(13-5-8-16-6-3-2-4-7-16)18-10-9-17-14-19(15-22)23-20(17)12-11-18/h2-4,6-7,14,18,22H,5,8-13,15H2,1H3. The Morgan fingerprint density at radius 1 is 1.17 bits per heavy atom. The van der Waals surface area contributed by atoms with Crippen molar-refractivity contribution >= 4 is 11.3 Å². The predicted molar refractivity (Wildman–Crippen MR) is 98.1 cm³/mol. The van der Waals surface area contributed by atoms with Gasteiger partial charge in [-0.1, -0.05) is 30.3 Å². The van der Waals surface area contributed by atoms with Gasteiger partial charge in [0.2, 0.25) is 0 Å². The summed E-state index contributed by atoms with van der Waals surface area (Å²) in [7, 11) is 2.29. The highest BCUT2D eigenvalue weighted by molar-refractivity contribution is 7.12. The van der Waals surface area contributed by atoms with Crippen molar-refractivity contribution in [2.24, 2.45) is 0 Å². The van der Waals surface area contributed by atoms with E-state index < -0.39 is 0 Å². The topological polar surface area (TPSA) is 23.5 Å². The zero-order chi connectivity index (χ0) is 16.1. The summed E-state index contributed by atoms with van der Waals surface area (Å²) < 4.78 is 0. The molecule has 0 saturated heterocycles. The van der Waals surface area contributed by atoms with Gasteiger partial charge in [-0.15, -0.1) is 11.3 Å². The van der Waals surface area contributed by atoms with E-state index in [-0.39, 0.29) is 6.61 Å². The summed E-state index contributed by atoms with van der Waals surface area (Å²) in [4.78, 5) is 5.20. The van der Waals surface area contributed by atoms with Crippen LogP contribution < -0.4 is 0 Å². The van der Waals surface area contributed by atoms with Gasteiger partial charge in [-0.3, -0.25) is 0 Å². The van der Waals surface area contributed by atoms with E-state index in [9.17, 15) is 5.11 Å². The van der Waals surface area contributed by atoms with Gasteiger partial charge in [0.25, 0.3) is 0 Å². The molecule has 3 heteroatoms. The van der Waals surface area contributed by atoms with Crippen LogP contribution in [-0.2, 0) is 25.9 Å². The smallest absolute Gasteiger partial charge is 0.0774 e. The maximum absolute atomic E-state index is 9.29. The molecule has 2 aromatic rings.